The molecule has 26 heavy (non-hydrogen) atoms. The van der Waals surface area contributed by atoms with Gasteiger partial charge in [0.1, 0.15) is 0 Å². The van der Waals surface area contributed by atoms with Gasteiger partial charge in [-0.25, -0.2) is 0 Å². The first-order valence-electron chi connectivity index (χ1n) is 9.01. The fourth-order valence-electron chi connectivity index (χ4n) is 4.28. The first kappa shape index (κ1) is 14.3. The lowest BCUT2D eigenvalue weighted by Crippen LogP contribution is -1.93. The maximum Gasteiger partial charge on any atom is 0.0358 e. The molecular formula is C25H16S. The standard InChI is InChI=1S/C25H16S/c1-2-13-23-19(11-1)22-15-21-18(14-24(22)26-23)10-4-8-16-6-3-7-17-9-5-12-20(21)25(16)17/h1-9,11-15H,10H2/b8-4+. The molecule has 0 nitrogen and oxygen atoms in total. The van der Waals surface area contributed by atoms with Crippen molar-refractivity contribution in [2.75, 3.05) is 0 Å². The van der Waals surface area contributed by atoms with Crippen molar-refractivity contribution in [3.8, 4) is 11.1 Å². The maximum absolute atomic E-state index is 2.42. The minimum Gasteiger partial charge on any atom is -0.135 e. The van der Waals surface area contributed by atoms with Crippen molar-refractivity contribution in [1.82, 2.24) is 0 Å². The van der Waals surface area contributed by atoms with E-state index < -0.39 is 0 Å². The van der Waals surface area contributed by atoms with Gasteiger partial charge in [0.15, 0.2) is 0 Å². The number of thiophene rings is 1. The molecule has 0 amide bonds. The van der Waals surface area contributed by atoms with Crippen LogP contribution in [0.1, 0.15) is 11.1 Å². The molecule has 122 valence electrons. The zero-order valence-corrected chi connectivity index (χ0v) is 15.0. The molecule has 0 unspecified atom stereocenters. The summed E-state index contributed by atoms with van der Waals surface area (Å²) in [4.78, 5) is 0. The van der Waals surface area contributed by atoms with Crippen molar-refractivity contribution in [2.24, 2.45) is 0 Å². The Kier molecular flexibility index (Phi) is 2.91. The van der Waals surface area contributed by atoms with Crippen molar-refractivity contribution >= 4 is 48.4 Å². The summed E-state index contributed by atoms with van der Waals surface area (Å²) >= 11 is 1.90. The first-order chi connectivity index (χ1) is 12.9. The average molecular weight is 348 g/mol. The van der Waals surface area contributed by atoms with Crippen molar-refractivity contribution < 1.29 is 0 Å². The predicted octanol–water partition coefficient (Wildman–Crippen LogP) is 7.44. The summed E-state index contributed by atoms with van der Waals surface area (Å²) < 4.78 is 2.76. The molecule has 0 saturated carbocycles. The molecule has 1 heteroatoms. The Balaban J connectivity index is 1.79. The van der Waals surface area contributed by atoms with Crippen LogP contribution in [0.5, 0.6) is 0 Å². The van der Waals surface area contributed by atoms with Gasteiger partial charge in [-0.05, 0) is 57.6 Å². The van der Waals surface area contributed by atoms with E-state index in [1.54, 1.807) is 0 Å². The van der Waals surface area contributed by atoms with Crippen LogP contribution in [0.4, 0.5) is 0 Å². The highest BCUT2D eigenvalue weighted by atomic mass is 32.1. The largest absolute Gasteiger partial charge is 0.135 e. The topological polar surface area (TPSA) is 0 Å². The van der Waals surface area contributed by atoms with Gasteiger partial charge in [0.25, 0.3) is 0 Å². The van der Waals surface area contributed by atoms with Gasteiger partial charge in [-0.2, -0.15) is 0 Å². The van der Waals surface area contributed by atoms with Crippen LogP contribution in [0, 0.1) is 0 Å². The van der Waals surface area contributed by atoms with Crippen molar-refractivity contribution in [1.29, 1.82) is 0 Å². The molecule has 0 radical (unpaired) electrons. The molecule has 0 saturated heterocycles. The third-order valence-corrected chi connectivity index (χ3v) is 6.60. The lowest BCUT2D eigenvalue weighted by Gasteiger charge is -2.16. The van der Waals surface area contributed by atoms with Crippen LogP contribution in [0.15, 0.2) is 78.9 Å². The zero-order valence-electron chi connectivity index (χ0n) is 14.2. The van der Waals surface area contributed by atoms with Gasteiger partial charge >= 0.3 is 0 Å². The van der Waals surface area contributed by atoms with E-state index in [0.29, 0.717) is 0 Å². The van der Waals surface area contributed by atoms with Crippen LogP contribution in [-0.4, -0.2) is 0 Å². The Morgan fingerprint density at radius 1 is 0.692 bits per heavy atom. The van der Waals surface area contributed by atoms with Crippen LogP contribution >= 0.6 is 11.3 Å². The van der Waals surface area contributed by atoms with Gasteiger partial charge < -0.3 is 0 Å². The smallest absolute Gasteiger partial charge is 0.0358 e. The Labute approximate surface area is 156 Å². The third-order valence-electron chi connectivity index (χ3n) is 5.46. The van der Waals surface area contributed by atoms with E-state index >= 15 is 0 Å². The summed E-state index contributed by atoms with van der Waals surface area (Å²) in [6.07, 6.45) is 5.57. The van der Waals surface area contributed by atoms with E-state index in [-0.39, 0.29) is 0 Å². The molecule has 1 aromatic heterocycles. The molecule has 5 aromatic rings. The zero-order chi connectivity index (χ0) is 17.1. The minimum atomic E-state index is 0.976. The van der Waals surface area contributed by atoms with Crippen molar-refractivity contribution in [2.45, 2.75) is 6.42 Å². The molecular weight excluding hydrogens is 332 g/mol. The Morgan fingerprint density at radius 3 is 2.54 bits per heavy atom. The quantitative estimate of drug-likeness (QED) is 0.273. The second kappa shape index (κ2) is 5.30. The molecule has 1 aliphatic rings. The summed E-state index contributed by atoms with van der Waals surface area (Å²) in [7, 11) is 0. The van der Waals surface area contributed by atoms with E-state index in [0.717, 1.165) is 6.42 Å². The van der Waals surface area contributed by atoms with Gasteiger partial charge in [-0.3, -0.25) is 0 Å². The molecule has 1 heterocycles. The van der Waals surface area contributed by atoms with Crippen LogP contribution in [0.25, 0.3) is 48.1 Å². The number of fused-ring (bicyclic) bond motifs is 5. The average Bonchev–Trinajstić information content (AvgIpc) is 3.03. The molecule has 0 atom stereocenters. The van der Waals surface area contributed by atoms with Gasteiger partial charge in [-0.15, -0.1) is 11.3 Å². The highest BCUT2D eigenvalue weighted by Crippen LogP contribution is 2.41. The fraction of sp³-hybridized carbons (Fsp3) is 0.0400. The van der Waals surface area contributed by atoms with Crippen molar-refractivity contribution in [3.63, 3.8) is 0 Å². The fourth-order valence-corrected chi connectivity index (χ4v) is 5.43. The molecule has 0 N–H and O–H groups in total. The van der Waals surface area contributed by atoms with Gasteiger partial charge in [-0.1, -0.05) is 66.7 Å². The number of hydrogen-bond acceptors (Lipinski definition) is 1. The van der Waals surface area contributed by atoms with Crippen LogP contribution in [0.2, 0.25) is 0 Å². The van der Waals surface area contributed by atoms with Gasteiger partial charge in [0, 0.05) is 20.2 Å². The van der Waals surface area contributed by atoms with Gasteiger partial charge in [0.2, 0.25) is 0 Å². The molecule has 0 fully saturated rings. The van der Waals surface area contributed by atoms with Crippen LogP contribution < -0.4 is 0 Å². The number of hydrogen-bond donors (Lipinski definition) is 0. The second-order valence-corrected chi connectivity index (χ2v) is 8.04. The van der Waals surface area contributed by atoms with Crippen LogP contribution in [0.3, 0.4) is 0 Å². The van der Waals surface area contributed by atoms with Crippen molar-refractivity contribution in [3.05, 3.63) is 90.0 Å². The Hall–Kier alpha value is -2.90. The highest BCUT2D eigenvalue weighted by Gasteiger charge is 2.15. The summed E-state index contributed by atoms with van der Waals surface area (Å²) in [5, 5.41) is 5.43. The maximum atomic E-state index is 2.42. The van der Waals surface area contributed by atoms with E-state index in [9.17, 15) is 0 Å². The SMILES string of the molecule is C1=C/c2cccc3cccc(c23)-c2cc3c(cc2C/1)sc1ccccc13. The number of benzene rings is 4. The normalized spacial score (nSPS) is 14.3. The second-order valence-electron chi connectivity index (χ2n) is 6.96. The molecule has 0 spiro atoms. The first-order valence-corrected chi connectivity index (χ1v) is 9.83. The molecule has 0 aliphatic heterocycles. The summed E-state index contributed by atoms with van der Waals surface area (Å²) in [5.74, 6) is 0. The van der Waals surface area contributed by atoms with E-state index in [4.69, 9.17) is 0 Å². The Morgan fingerprint density at radius 2 is 1.58 bits per heavy atom. The van der Waals surface area contributed by atoms with Crippen LogP contribution in [-0.2, 0) is 6.42 Å². The lowest BCUT2D eigenvalue weighted by molar-refractivity contribution is 1.29. The Bertz CT molecular complexity index is 1350. The highest BCUT2D eigenvalue weighted by molar-refractivity contribution is 7.25. The summed E-state index contributed by atoms with van der Waals surface area (Å²) in [6.45, 7) is 0. The number of allylic oxidation sites excluding steroid dienone is 1. The molecule has 6 rings (SSSR count). The molecule has 0 bridgehead atoms. The summed E-state index contributed by atoms with van der Waals surface area (Å²) in [5.41, 5.74) is 5.47. The number of rotatable bonds is 0. The molecule has 1 aliphatic carbocycles. The lowest BCUT2D eigenvalue weighted by atomic mass is 9.88. The van der Waals surface area contributed by atoms with Gasteiger partial charge in [0.05, 0.1) is 0 Å². The monoisotopic (exact) mass is 348 g/mol. The van der Waals surface area contributed by atoms with E-state index in [1.165, 1.54) is 53.2 Å². The minimum absolute atomic E-state index is 0.976. The third kappa shape index (κ3) is 1.95. The van der Waals surface area contributed by atoms with E-state index in [1.807, 2.05) is 11.3 Å². The summed E-state index contributed by atoms with van der Waals surface area (Å²) in [6, 6.07) is 26.9. The predicted molar refractivity (Wildman–Crippen MR) is 115 cm³/mol. The van der Waals surface area contributed by atoms with E-state index in [2.05, 4.69) is 84.9 Å². The molecule has 4 aromatic carbocycles.